The van der Waals surface area contributed by atoms with Crippen LogP contribution in [0.1, 0.15) is 36.6 Å². The second kappa shape index (κ2) is 8.96. The standard InChI is InChI=1S/C21H14F6N6.Pd/c1-19(2,13-5-3-7-17(30-13)32-11-28-9-15(32)20(22,23)24)14-6-4-8-18(31-14)33-12-29-10-16(33)21(25,26)27;/h3-10H,1-2H3;/q-2;+2. The van der Waals surface area contributed by atoms with E-state index in [9.17, 15) is 26.3 Å². The topological polar surface area (TPSA) is 61.4 Å². The third-order valence-electron chi connectivity index (χ3n) is 4.96. The second-order valence-corrected chi connectivity index (χ2v) is 7.54. The van der Waals surface area contributed by atoms with Crippen molar-refractivity contribution in [3.05, 3.63) is 84.2 Å². The minimum atomic E-state index is -4.66. The van der Waals surface area contributed by atoms with Gasteiger partial charge in [-0.15, -0.1) is 0 Å². The van der Waals surface area contributed by atoms with E-state index in [1.54, 1.807) is 26.0 Å². The zero-order valence-electron chi connectivity index (χ0n) is 17.4. The Morgan fingerprint density at radius 2 is 1.06 bits per heavy atom. The molecule has 4 rings (SSSR count). The zero-order valence-corrected chi connectivity index (χ0v) is 18.9. The van der Waals surface area contributed by atoms with Crippen molar-refractivity contribution < 1.29 is 46.8 Å². The number of nitrogens with zero attached hydrogens (tertiary/aromatic N) is 6. The second-order valence-electron chi connectivity index (χ2n) is 7.54. The summed E-state index contributed by atoms with van der Waals surface area (Å²) in [7, 11) is 0. The summed E-state index contributed by atoms with van der Waals surface area (Å²) in [6.45, 7) is 3.41. The van der Waals surface area contributed by atoms with Crippen molar-refractivity contribution in [2.75, 3.05) is 0 Å². The Hall–Kier alpha value is -3.04. The van der Waals surface area contributed by atoms with Gasteiger partial charge in [-0.05, 0) is 26.0 Å². The average Bonchev–Trinajstić information content (AvgIpc) is 3.43. The van der Waals surface area contributed by atoms with Crippen LogP contribution in [0.25, 0.3) is 11.6 Å². The van der Waals surface area contributed by atoms with Crippen LogP contribution in [0.4, 0.5) is 26.3 Å². The minimum absolute atomic E-state index is 0. The maximum atomic E-state index is 13.3. The molecule has 0 spiro atoms. The van der Waals surface area contributed by atoms with Crippen LogP contribution < -0.4 is 0 Å². The van der Waals surface area contributed by atoms with E-state index >= 15 is 0 Å². The molecule has 0 aliphatic heterocycles. The summed E-state index contributed by atoms with van der Waals surface area (Å²) in [4.78, 5) is 15.6. The van der Waals surface area contributed by atoms with Crippen molar-refractivity contribution in [1.29, 1.82) is 0 Å². The smallest absolute Gasteiger partial charge is 0.408 e. The summed E-state index contributed by atoms with van der Waals surface area (Å²) in [5.74, 6) is -0.132. The first-order chi connectivity index (χ1) is 15.4. The molecule has 0 unspecified atom stereocenters. The van der Waals surface area contributed by atoms with Gasteiger partial charge in [0.1, 0.15) is 0 Å². The fourth-order valence-corrected chi connectivity index (χ4v) is 3.19. The maximum Gasteiger partial charge on any atom is 2.00 e. The third kappa shape index (κ3) is 4.76. The summed E-state index contributed by atoms with van der Waals surface area (Å²) in [6, 6.07) is 8.95. The van der Waals surface area contributed by atoms with Gasteiger partial charge in [0.15, 0.2) is 0 Å². The number of hydrogen-bond donors (Lipinski definition) is 0. The van der Waals surface area contributed by atoms with Gasteiger partial charge in [0.2, 0.25) is 0 Å². The number of pyridine rings is 2. The van der Waals surface area contributed by atoms with Gasteiger partial charge in [0.05, 0.1) is 11.6 Å². The minimum Gasteiger partial charge on any atom is -0.408 e. The van der Waals surface area contributed by atoms with Gasteiger partial charge in [-0.2, -0.15) is 26.3 Å². The molecular formula is C21H14F6N6Pd. The van der Waals surface area contributed by atoms with Crippen molar-refractivity contribution in [3.63, 3.8) is 0 Å². The predicted molar refractivity (Wildman–Crippen MR) is 103 cm³/mol. The van der Waals surface area contributed by atoms with E-state index in [2.05, 4.69) is 32.6 Å². The fourth-order valence-electron chi connectivity index (χ4n) is 3.19. The first-order valence-electron chi connectivity index (χ1n) is 9.40. The van der Waals surface area contributed by atoms with Crippen LogP contribution in [0.5, 0.6) is 0 Å². The number of rotatable bonds is 4. The number of hydrogen-bond acceptors (Lipinski definition) is 4. The molecule has 4 aromatic rings. The molecule has 0 bridgehead atoms. The van der Waals surface area contributed by atoms with Crippen molar-refractivity contribution in [1.82, 2.24) is 29.1 Å². The Morgan fingerprint density at radius 1 is 0.676 bits per heavy atom. The third-order valence-corrected chi connectivity index (χ3v) is 4.96. The van der Waals surface area contributed by atoms with Gasteiger partial charge in [0, 0.05) is 40.8 Å². The molecule has 4 aromatic heterocycles. The van der Waals surface area contributed by atoms with Crippen molar-refractivity contribution in [2.24, 2.45) is 0 Å². The van der Waals surface area contributed by atoms with E-state index in [4.69, 9.17) is 0 Å². The summed E-state index contributed by atoms with van der Waals surface area (Å²) >= 11 is 0. The van der Waals surface area contributed by atoms with Crippen molar-refractivity contribution in [3.8, 4) is 11.6 Å². The Balaban J connectivity index is 0.00000324. The Labute approximate surface area is 203 Å². The fraction of sp³-hybridized carbons (Fsp3) is 0.238. The summed E-state index contributed by atoms with van der Waals surface area (Å²) in [5.41, 5.74) is -2.39. The molecule has 13 heteroatoms. The summed E-state index contributed by atoms with van der Waals surface area (Å²) < 4.78 is 80.9. The average molecular weight is 571 g/mol. The molecule has 0 fully saturated rings. The van der Waals surface area contributed by atoms with Crippen LogP contribution >= 0.6 is 0 Å². The first kappa shape index (κ1) is 25.6. The zero-order chi connectivity index (χ0) is 24.0. The molecular weight excluding hydrogens is 557 g/mol. The van der Waals surface area contributed by atoms with Crippen LogP contribution in [-0.4, -0.2) is 29.1 Å². The largest absolute Gasteiger partial charge is 2.00 e. The number of alkyl halides is 6. The summed E-state index contributed by atoms with van der Waals surface area (Å²) in [6.07, 6.45) is -3.55. The van der Waals surface area contributed by atoms with E-state index in [-0.39, 0.29) is 32.1 Å². The maximum absolute atomic E-state index is 13.3. The normalized spacial score (nSPS) is 12.5. The predicted octanol–water partition coefficient (Wildman–Crippen LogP) is 4.81. The van der Waals surface area contributed by atoms with Gasteiger partial charge in [-0.25, -0.2) is 0 Å². The molecule has 0 saturated heterocycles. The molecule has 0 atom stereocenters. The molecule has 0 radical (unpaired) electrons. The van der Waals surface area contributed by atoms with E-state index < -0.39 is 29.2 Å². The molecule has 6 nitrogen and oxygen atoms in total. The van der Waals surface area contributed by atoms with Gasteiger partial charge < -0.3 is 19.1 Å². The Kier molecular flexibility index (Phi) is 6.74. The number of imidazole rings is 2. The number of halogens is 6. The quantitative estimate of drug-likeness (QED) is 0.201. The molecule has 0 amide bonds. The number of aromatic nitrogens is 6. The van der Waals surface area contributed by atoms with Crippen molar-refractivity contribution in [2.45, 2.75) is 31.6 Å². The van der Waals surface area contributed by atoms with Crippen LogP contribution in [-0.2, 0) is 38.2 Å². The van der Waals surface area contributed by atoms with E-state index in [1.165, 1.54) is 24.3 Å². The monoisotopic (exact) mass is 570 g/mol. The molecule has 4 heterocycles. The first-order valence-corrected chi connectivity index (χ1v) is 9.40. The van der Waals surface area contributed by atoms with Crippen LogP contribution in [0, 0.1) is 12.7 Å². The molecule has 0 saturated carbocycles. The molecule has 34 heavy (non-hydrogen) atoms. The molecule has 0 N–H and O–H groups in total. The Morgan fingerprint density at radius 3 is 1.41 bits per heavy atom. The van der Waals surface area contributed by atoms with Crippen LogP contribution in [0.15, 0.2) is 48.8 Å². The van der Waals surface area contributed by atoms with Gasteiger partial charge in [-0.3, -0.25) is 9.97 Å². The van der Waals surface area contributed by atoms with Gasteiger partial charge in [-0.1, -0.05) is 36.7 Å². The van der Waals surface area contributed by atoms with E-state index in [0.29, 0.717) is 32.9 Å². The molecule has 180 valence electrons. The molecule has 0 aliphatic rings. The van der Waals surface area contributed by atoms with Gasteiger partial charge >= 0.3 is 32.8 Å². The Bertz CT molecular complexity index is 1190. The molecule has 0 aliphatic carbocycles. The van der Waals surface area contributed by atoms with Crippen LogP contribution in [0.2, 0.25) is 0 Å². The van der Waals surface area contributed by atoms with E-state index in [1.807, 2.05) is 0 Å². The van der Waals surface area contributed by atoms with Crippen LogP contribution in [0.3, 0.4) is 0 Å². The van der Waals surface area contributed by atoms with Crippen molar-refractivity contribution >= 4 is 0 Å². The summed E-state index contributed by atoms with van der Waals surface area (Å²) in [5, 5.41) is 0. The van der Waals surface area contributed by atoms with Gasteiger partial charge in [0.25, 0.3) is 0 Å². The van der Waals surface area contributed by atoms with E-state index in [0.717, 1.165) is 0 Å². The SMILES string of the molecule is CC(C)(c1cccc(-n2[c-]ncc2C(F)(F)F)n1)c1cccc(-n2[c-]ncc2C(F)(F)F)n1.[Pd+2]. The molecule has 0 aromatic carbocycles.